The maximum atomic E-state index is 13.2. The quantitative estimate of drug-likeness (QED) is 0.604. The number of fused-ring (bicyclic) bond motifs is 1. The van der Waals surface area contributed by atoms with Crippen molar-refractivity contribution in [3.63, 3.8) is 0 Å². The molecule has 0 aliphatic carbocycles. The Bertz CT molecular complexity index is 763. The topological polar surface area (TPSA) is 25.8 Å². The van der Waals surface area contributed by atoms with Gasteiger partial charge in [0.05, 0.1) is 10.4 Å². The van der Waals surface area contributed by atoms with Crippen molar-refractivity contribution in [1.29, 1.82) is 0 Å². The summed E-state index contributed by atoms with van der Waals surface area (Å²) in [5.74, 6) is 0.249. The molecular formula is C14H10ClFN2S. The van der Waals surface area contributed by atoms with E-state index >= 15 is 0 Å². The van der Waals surface area contributed by atoms with Crippen LogP contribution in [0.1, 0.15) is 10.4 Å². The van der Waals surface area contributed by atoms with Gasteiger partial charge in [-0.05, 0) is 43.7 Å². The lowest BCUT2D eigenvalue weighted by atomic mass is 10.2. The van der Waals surface area contributed by atoms with Gasteiger partial charge in [-0.25, -0.2) is 14.4 Å². The molecular weight excluding hydrogens is 283 g/mol. The summed E-state index contributed by atoms with van der Waals surface area (Å²) in [5, 5.41) is 0.818. The zero-order valence-corrected chi connectivity index (χ0v) is 11.9. The van der Waals surface area contributed by atoms with Crippen molar-refractivity contribution in [1.82, 2.24) is 9.97 Å². The van der Waals surface area contributed by atoms with Crippen molar-refractivity contribution in [3.05, 3.63) is 45.7 Å². The third-order valence-corrected chi connectivity index (χ3v) is 4.43. The van der Waals surface area contributed by atoms with Crippen molar-refractivity contribution in [2.75, 3.05) is 0 Å². The first-order valence-corrected chi connectivity index (χ1v) is 6.94. The van der Waals surface area contributed by atoms with Gasteiger partial charge in [0, 0.05) is 10.3 Å². The minimum Gasteiger partial charge on any atom is -0.227 e. The summed E-state index contributed by atoms with van der Waals surface area (Å²) in [6, 6.07) is 6.39. The second kappa shape index (κ2) is 4.54. The number of rotatable bonds is 1. The van der Waals surface area contributed by atoms with E-state index in [4.69, 9.17) is 11.6 Å². The third kappa shape index (κ3) is 2.22. The summed E-state index contributed by atoms with van der Waals surface area (Å²) in [4.78, 5) is 10.9. The lowest BCUT2D eigenvalue weighted by molar-refractivity contribution is 0.629. The Morgan fingerprint density at radius 3 is 2.63 bits per heavy atom. The Labute approximate surface area is 118 Å². The van der Waals surface area contributed by atoms with Crippen molar-refractivity contribution >= 4 is 33.8 Å². The maximum absolute atomic E-state index is 13.2. The molecule has 0 fully saturated rings. The molecule has 2 heterocycles. The lowest BCUT2D eigenvalue weighted by Gasteiger charge is -2.02. The largest absolute Gasteiger partial charge is 0.227 e. The highest BCUT2D eigenvalue weighted by Gasteiger charge is 2.11. The average molecular weight is 293 g/mol. The molecule has 19 heavy (non-hydrogen) atoms. The van der Waals surface area contributed by atoms with Crippen LogP contribution in [0.2, 0.25) is 5.15 Å². The Morgan fingerprint density at radius 1 is 1.16 bits per heavy atom. The Hall–Kier alpha value is -1.52. The van der Waals surface area contributed by atoms with Gasteiger partial charge < -0.3 is 0 Å². The van der Waals surface area contributed by atoms with Crippen LogP contribution in [-0.4, -0.2) is 9.97 Å². The first-order chi connectivity index (χ1) is 9.04. The van der Waals surface area contributed by atoms with Gasteiger partial charge in [-0.3, -0.25) is 0 Å². The standard InChI is InChI=1S/C14H10ClFN2S/c1-7-5-12(19-8(7)2)14-17-11-4-3-9(16)6-10(11)13(15)18-14/h3-6H,1-2H3. The van der Waals surface area contributed by atoms with Gasteiger partial charge in [0.1, 0.15) is 11.0 Å². The molecule has 0 aliphatic rings. The zero-order chi connectivity index (χ0) is 13.6. The van der Waals surface area contributed by atoms with Crippen LogP contribution in [0, 0.1) is 19.7 Å². The highest BCUT2D eigenvalue weighted by atomic mass is 35.5. The predicted molar refractivity (Wildman–Crippen MR) is 77.3 cm³/mol. The van der Waals surface area contributed by atoms with Gasteiger partial charge in [0.2, 0.25) is 0 Å². The molecule has 2 aromatic heterocycles. The van der Waals surface area contributed by atoms with E-state index in [1.54, 1.807) is 17.4 Å². The van der Waals surface area contributed by atoms with E-state index in [9.17, 15) is 4.39 Å². The van der Waals surface area contributed by atoms with E-state index < -0.39 is 0 Å². The van der Waals surface area contributed by atoms with Crippen LogP contribution in [0.5, 0.6) is 0 Å². The van der Waals surface area contributed by atoms with E-state index in [0.717, 1.165) is 4.88 Å². The summed E-state index contributed by atoms with van der Waals surface area (Å²) in [5.41, 5.74) is 1.86. The number of hydrogen-bond acceptors (Lipinski definition) is 3. The Kier molecular flexibility index (Phi) is 2.99. The van der Waals surface area contributed by atoms with E-state index in [1.807, 2.05) is 13.0 Å². The van der Waals surface area contributed by atoms with E-state index in [0.29, 0.717) is 16.7 Å². The average Bonchev–Trinajstić information content (AvgIpc) is 2.70. The number of halogens is 2. The molecule has 0 spiro atoms. The molecule has 96 valence electrons. The van der Waals surface area contributed by atoms with Gasteiger partial charge >= 0.3 is 0 Å². The molecule has 0 bridgehead atoms. The number of nitrogens with zero attached hydrogens (tertiary/aromatic N) is 2. The van der Waals surface area contributed by atoms with Crippen LogP contribution >= 0.6 is 22.9 Å². The second-order valence-electron chi connectivity index (χ2n) is 4.35. The number of hydrogen-bond donors (Lipinski definition) is 0. The third-order valence-electron chi connectivity index (χ3n) is 3.00. The highest BCUT2D eigenvalue weighted by molar-refractivity contribution is 7.15. The summed E-state index contributed by atoms with van der Waals surface area (Å²) in [6.07, 6.45) is 0. The molecule has 0 amide bonds. The summed E-state index contributed by atoms with van der Waals surface area (Å²) < 4.78 is 13.2. The molecule has 0 unspecified atom stereocenters. The number of aromatic nitrogens is 2. The molecule has 0 N–H and O–H groups in total. The van der Waals surface area contributed by atoms with Gasteiger partial charge in [-0.1, -0.05) is 11.6 Å². The molecule has 0 radical (unpaired) electrons. The molecule has 2 nitrogen and oxygen atoms in total. The monoisotopic (exact) mass is 292 g/mol. The van der Waals surface area contributed by atoms with Crippen molar-refractivity contribution in [2.45, 2.75) is 13.8 Å². The van der Waals surface area contributed by atoms with Crippen LogP contribution in [-0.2, 0) is 0 Å². The van der Waals surface area contributed by atoms with Crippen LogP contribution < -0.4 is 0 Å². The van der Waals surface area contributed by atoms with Gasteiger partial charge in [0.25, 0.3) is 0 Å². The molecule has 0 saturated carbocycles. The van der Waals surface area contributed by atoms with Crippen molar-refractivity contribution < 1.29 is 4.39 Å². The fourth-order valence-corrected chi connectivity index (χ4v) is 3.06. The van der Waals surface area contributed by atoms with Gasteiger partial charge in [0.15, 0.2) is 5.82 Å². The van der Waals surface area contributed by atoms with Crippen molar-refractivity contribution in [2.24, 2.45) is 0 Å². The van der Waals surface area contributed by atoms with Crippen LogP contribution in [0.25, 0.3) is 21.6 Å². The smallest absolute Gasteiger partial charge is 0.171 e. The van der Waals surface area contributed by atoms with E-state index in [2.05, 4.69) is 16.9 Å². The first kappa shape index (κ1) is 12.5. The van der Waals surface area contributed by atoms with E-state index in [1.165, 1.54) is 22.6 Å². The normalized spacial score (nSPS) is 11.2. The van der Waals surface area contributed by atoms with Gasteiger partial charge in [-0.15, -0.1) is 11.3 Å². The van der Waals surface area contributed by atoms with Crippen LogP contribution in [0.3, 0.4) is 0 Å². The molecule has 1 aromatic carbocycles. The number of aryl methyl sites for hydroxylation is 2. The molecule has 3 aromatic rings. The highest BCUT2D eigenvalue weighted by Crippen LogP contribution is 2.31. The number of thiophene rings is 1. The van der Waals surface area contributed by atoms with Crippen LogP contribution in [0.15, 0.2) is 24.3 Å². The Balaban J connectivity index is 2.23. The molecule has 0 saturated heterocycles. The molecule has 5 heteroatoms. The first-order valence-electron chi connectivity index (χ1n) is 5.75. The number of benzene rings is 1. The molecule has 0 atom stereocenters. The van der Waals surface area contributed by atoms with Crippen LogP contribution in [0.4, 0.5) is 4.39 Å². The second-order valence-corrected chi connectivity index (χ2v) is 5.96. The van der Waals surface area contributed by atoms with Crippen molar-refractivity contribution in [3.8, 4) is 10.7 Å². The minimum absolute atomic E-state index is 0.281. The fraction of sp³-hybridized carbons (Fsp3) is 0.143. The SMILES string of the molecule is Cc1cc(-c2nc(Cl)c3cc(F)ccc3n2)sc1C. The summed E-state index contributed by atoms with van der Waals surface area (Å²) >= 11 is 7.75. The Morgan fingerprint density at radius 2 is 1.95 bits per heavy atom. The maximum Gasteiger partial charge on any atom is 0.171 e. The summed E-state index contributed by atoms with van der Waals surface area (Å²) in [6.45, 7) is 4.11. The fourth-order valence-electron chi connectivity index (χ4n) is 1.86. The van der Waals surface area contributed by atoms with Gasteiger partial charge in [-0.2, -0.15) is 0 Å². The predicted octanol–water partition coefficient (Wildman–Crippen LogP) is 4.77. The molecule has 0 aliphatic heterocycles. The molecule has 3 rings (SSSR count). The zero-order valence-electron chi connectivity index (χ0n) is 10.4. The lowest BCUT2D eigenvalue weighted by Crippen LogP contribution is -1.90. The summed E-state index contributed by atoms with van der Waals surface area (Å²) in [7, 11) is 0. The minimum atomic E-state index is -0.339. The van der Waals surface area contributed by atoms with E-state index in [-0.39, 0.29) is 11.0 Å².